The third-order valence-corrected chi connectivity index (χ3v) is 5.57. The SMILES string of the molecule is COc1cc(Cc2cnc3nc(N)nc(N)c3c2Cc2cc(OC)cc(OC)c2)cc(OC)c1. The number of pyridine rings is 1. The van der Waals surface area contributed by atoms with Crippen LogP contribution in [0.15, 0.2) is 42.6 Å². The Morgan fingerprint density at radius 1 is 0.676 bits per heavy atom. The zero-order chi connectivity index (χ0) is 24.2. The molecule has 4 N–H and O–H groups in total. The Balaban J connectivity index is 1.87. The molecule has 9 nitrogen and oxygen atoms in total. The van der Waals surface area contributed by atoms with Gasteiger partial charge in [0.1, 0.15) is 28.8 Å². The lowest BCUT2D eigenvalue weighted by Crippen LogP contribution is -2.07. The second-order valence-corrected chi connectivity index (χ2v) is 7.72. The van der Waals surface area contributed by atoms with Gasteiger partial charge in [-0.1, -0.05) is 0 Å². The molecule has 2 heterocycles. The summed E-state index contributed by atoms with van der Waals surface area (Å²) >= 11 is 0. The van der Waals surface area contributed by atoms with Crippen molar-refractivity contribution < 1.29 is 18.9 Å². The number of hydrogen-bond donors (Lipinski definition) is 2. The number of ether oxygens (including phenoxy) is 4. The Hall–Kier alpha value is -4.27. The summed E-state index contributed by atoms with van der Waals surface area (Å²) in [5, 5.41) is 0.670. The van der Waals surface area contributed by atoms with Crippen molar-refractivity contribution in [2.24, 2.45) is 0 Å². The number of nitrogen functional groups attached to an aromatic ring is 2. The number of rotatable bonds is 8. The average Bonchev–Trinajstić information content (AvgIpc) is 2.84. The quantitative estimate of drug-likeness (QED) is 0.406. The molecule has 0 unspecified atom stereocenters. The minimum absolute atomic E-state index is 0.0804. The Labute approximate surface area is 197 Å². The van der Waals surface area contributed by atoms with Gasteiger partial charge in [-0.25, -0.2) is 4.98 Å². The molecule has 0 spiro atoms. The van der Waals surface area contributed by atoms with E-state index in [2.05, 4.69) is 15.0 Å². The Bertz CT molecular complexity index is 1300. The Morgan fingerprint density at radius 2 is 1.18 bits per heavy atom. The van der Waals surface area contributed by atoms with Crippen molar-refractivity contribution in [1.29, 1.82) is 0 Å². The molecule has 176 valence electrons. The van der Waals surface area contributed by atoms with Crippen LogP contribution in [0.3, 0.4) is 0 Å². The lowest BCUT2D eigenvalue weighted by molar-refractivity contribution is 0.393. The molecular weight excluding hydrogens is 434 g/mol. The monoisotopic (exact) mass is 461 g/mol. The molecule has 0 saturated heterocycles. The third-order valence-electron chi connectivity index (χ3n) is 5.57. The van der Waals surface area contributed by atoms with E-state index in [-0.39, 0.29) is 11.8 Å². The highest BCUT2D eigenvalue weighted by Gasteiger charge is 2.17. The minimum atomic E-state index is 0.0804. The van der Waals surface area contributed by atoms with Crippen LogP contribution in [0.4, 0.5) is 11.8 Å². The number of benzene rings is 2. The van der Waals surface area contributed by atoms with Crippen LogP contribution < -0.4 is 30.4 Å². The highest BCUT2D eigenvalue weighted by atomic mass is 16.5. The van der Waals surface area contributed by atoms with E-state index in [4.69, 9.17) is 30.4 Å². The van der Waals surface area contributed by atoms with Crippen LogP contribution in [0, 0.1) is 0 Å². The van der Waals surface area contributed by atoms with E-state index in [0.29, 0.717) is 46.9 Å². The van der Waals surface area contributed by atoms with E-state index in [1.54, 1.807) is 34.6 Å². The zero-order valence-corrected chi connectivity index (χ0v) is 19.6. The van der Waals surface area contributed by atoms with E-state index in [9.17, 15) is 0 Å². The van der Waals surface area contributed by atoms with Crippen molar-refractivity contribution in [1.82, 2.24) is 15.0 Å². The van der Waals surface area contributed by atoms with Gasteiger partial charge in [0, 0.05) is 18.3 Å². The summed E-state index contributed by atoms with van der Waals surface area (Å²) < 4.78 is 21.8. The third kappa shape index (κ3) is 4.73. The molecule has 0 aliphatic rings. The standard InChI is InChI=1S/C25H27N5O4/c1-31-17-6-14(7-18(11-17)32-2)5-16-13-28-24-22(23(26)29-25(27)30-24)21(16)10-15-8-19(33-3)12-20(9-15)34-4/h6-9,11-13H,5,10H2,1-4H3,(H4,26,27,28,29,30). The van der Waals surface area contributed by atoms with Gasteiger partial charge >= 0.3 is 0 Å². The number of methoxy groups -OCH3 is 4. The molecule has 0 radical (unpaired) electrons. The van der Waals surface area contributed by atoms with Crippen LogP contribution in [-0.4, -0.2) is 43.4 Å². The van der Waals surface area contributed by atoms with E-state index in [0.717, 1.165) is 22.3 Å². The molecule has 0 aliphatic heterocycles. The second-order valence-electron chi connectivity index (χ2n) is 7.72. The lowest BCUT2D eigenvalue weighted by atomic mass is 9.94. The van der Waals surface area contributed by atoms with Crippen molar-refractivity contribution in [3.63, 3.8) is 0 Å². The number of fused-ring (bicyclic) bond motifs is 1. The van der Waals surface area contributed by atoms with Gasteiger partial charge in [0.05, 0.1) is 33.8 Å². The number of nitrogens with zero attached hydrogens (tertiary/aromatic N) is 3. The van der Waals surface area contributed by atoms with Crippen LogP contribution in [0.5, 0.6) is 23.0 Å². The van der Waals surface area contributed by atoms with Gasteiger partial charge in [-0.15, -0.1) is 0 Å². The second kappa shape index (κ2) is 9.70. The van der Waals surface area contributed by atoms with Crippen LogP contribution in [-0.2, 0) is 12.8 Å². The molecule has 0 fully saturated rings. The number of anilines is 2. The molecule has 0 saturated carbocycles. The first-order valence-electron chi connectivity index (χ1n) is 10.6. The predicted octanol–water partition coefficient (Wildman–Crippen LogP) is 3.41. The molecule has 2 aromatic carbocycles. The smallest absolute Gasteiger partial charge is 0.224 e. The maximum atomic E-state index is 6.32. The molecule has 9 heteroatoms. The Kier molecular flexibility index (Phi) is 6.53. The molecule has 34 heavy (non-hydrogen) atoms. The van der Waals surface area contributed by atoms with Crippen LogP contribution in [0.25, 0.3) is 11.0 Å². The first-order chi connectivity index (χ1) is 16.4. The molecule has 2 aromatic heterocycles. The first kappa shape index (κ1) is 22.9. The zero-order valence-electron chi connectivity index (χ0n) is 19.6. The highest BCUT2D eigenvalue weighted by molar-refractivity contribution is 5.90. The summed E-state index contributed by atoms with van der Waals surface area (Å²) in [6, 6.07) is 11.5. The first-order valence-corrected chi connectivity index (χ1v) is 10.6. The summed E-state index contributed by atoms with van der Waals surface area (Å²) in [6.07, 6.45) is 2.89. The number of aromatic nitrogens is 3. The fourth-order valence-electron chi connectivity index (χ4n) is 3.96. The molecule has 0 bridgehead atoms. The summed E-state index contributed by atoms with van der Waals surface area (Å²) in [7, 11) is 6.49. The highest BCUT2D eigenvalue weighted by Crippen LogP contribution is 2.32. The fourth-order valence-corrected chi connectivity index (χ4v) is 3.96. The van der Waals surface area contributed by atoms with Gasteiger partial charge < -0.3 is 30.4 Å². The van der Waals surface area contributed by atoms with Gasteiger partial charge in [-0.2, -0.15) is 9.97 Å². The van der Waals surface area contributed by atoms with Crippen molar-refractivity contribution >= 4 is 22.8 Å². The largest absolute Gasteiger partial charge is 0.497 e. The molecule has 0 aliphatic carbocycles. The molecular formula is C25H27N5O4. The summed E-state index contributed by atoms with van der Waals surface area (Å²) in [4.78, 5) is 13.0. The van der Waals surface area contributed by atoms with Crippen molar-refractivity contribution in [3.8, 4) is 23.0 Å². The molecule has 4 aromatic rings. The van der Waals surface area contributed by atoms with E-state index < -0.39 is 0 Å². The maximum Gasteiger partial charge on any atom is 0.224 e. The van der Waals surface area contributed by atoms with E-state index in [1.165, 1.54) is 0 Å². The number of nitrogens with two attached hydrogens (primary N) is 2. The Morgan fingerprint density at radius 3 is 1.68 bits per heavy atom. The van der Waals surface area contributed by atoms with Crippen LogP contribution >= 0.6 is 0 Å². The molecule has 0 amide bonds. The molecule has 0 atom stereocenters. The van der Waals surface area contributed by atoms with Gasteiger partial charge in [-0.3, -0.25) is 0 Å². The van der Waals surface area contributed by atoms with Crippen LogP contribution in [0.1, 0.15) is 22.3 Å². The summed E-state index contributed by atoms with van der Waals surface area (Å²) in [5.74, 6) is 3.16. The maximum absolute atomic E-state index is 6.32. The van der Waals surface area contributed by atoms with Gasteiger partial charge in [0.2, 0.25) is 5.95 Å². The van der Waals surface area contributed by atoms with Gasteiger partial charge in [0.15, 0.2) is 5.65 Å². The van der Waals surface area contributed by atoms with Crippen LogP contribution in [0.2, 0.25) is 0 Å². The van der Waals surface area contributed by atoms with E-state index in [1.807, 2.05) is 36.4 Å². The van der Waals surface area contributed by atoms with Crippen molar-refractivity contribution in [2.75, 3.05) is 39.9 Å². The van der Waals surface area contributed by atoms with Crippen molar-refractivity contribution in [2.45, 2.75) is 12.8 Å². The predicted molar refractivity (Wildman–Crippen MR) is 131 cm³/mol. The average molecular weight is 462 g/mol. The lowest BCUT2D eigenvalue weighted by Gasteiger charge is -2.16. The fraction of sp³-hybridized carbons (Fsp3) is 0.240. The number of hydrogen-bond acceptors (Lipinski definition) is 9. The molecule has 4 rings (SSSR count). The topological polar surface area (TPSA) is 128 Å². The van der Waals surface area contributed by atoms with Crippen molar-refractivity contribution in [3.05, 3.63) is 64.8 Å². The minimum Gasteiger partial charge on any atom is -0.497 e. The van der Waals surface area contributed by atoms with E-state index >= 15 is 0 Å². The summed E-state index contributed by atoms with van der Waals surface area (Å²) in [5.41, 5.74) is 16.5. The van der Waals surface area contributed by atoms with Gasteiger partial charge in [0.25, 0.3) is 0 Å². The normalized spacial score (nSPS) is 10.8. The summed E-state index contributed by atoms with van der Waals surface area (Å²) in [6.45, 7) is 0. The van der Waals surface area contributed by atoms with Gasteiger partial charge in [-0.05, 0) is 59.4 Å².